The molecule has 0 aliphatic heterocycles. The molecule has 98 valence electrons. The first kappa shape index (κ1) is 14.1. The molecule has 3 heteroatoms. The topological polar surface area (TPSA) is 32.3 Å². The summed E-state index contributed by atoms with van der Waals surface area (Å²) >= 11 is 0. The maximum atomic E-state index is 11.7. The fourth-order valence-electron chi connectivity index (χ4n) is 2.28. The number of urea groups is 1. The Hall–Kier alpha value is -0.990. The number of nitrogens with zero attached hydrogens (tertiary/aromatic N) is 1. The van der Waals surface area contributed by atoms with Crippen molar-refractivity contribution in [2.45, 2.75) is 52.4 Å². The van der Waals surface area contributed by atoms with E-state index in [1.165, 1.54) is 31.3 Å². The van der Waals surface area contributed by atoms with Crippen molar-refractivity contribution >= 4 is 6.03 Å². The Balaban J connectivity index is 2.32. The van der Waals surface area contributed by atoms with Crippen LogP contribution < -0.4 is 5.32 Å². The molecule has 0 atom stereocenters. The third-order valence-corrected chi connectivity index (χ3v) is 3.62. The van der Waals surface area contributed by atoms with Crippen LogP contribution in [0.5, 0.6) is 0 Å². The van der Waals surface area contributed by atoms with Gasteiger partial charge >= 0.3 is 6.03 Å². The van der Waals surface area contributed by atoms with E-state index in [1.807, 2.05) is 13.2 Å². The molecule has 0 aromatic rings. The number of nitrogens with one attached hydrogen (secondary N) is 1. The van der Waals surface area contributed by atoms with Crippen LogP contribution in [-0.2, 0) is 0 Å². The van der Waals surface area contributed by atoms with Gasteiger partial charge in [0.2, 0.25) is 0 Å². The van der Waals surface area contributed by atoms with Gasteiger partial charge in [0, 0.05) is 19.8 Å². The van der Waals surface area contributed by atoms with Crippen molar-refractivity contribution in [3.63, 3.8) is 0 Å². The summed E-state index contributed by atoms with van der Waals surface area (Å²) in [5, 5.41) is 2.89. The highest BCUT2D eigenvalue weighted by Crippen LogP contribution is 2.30. The van der Waals surface area contributed by atoms with Crippen LogP contribution in [0, 0.1) is 5.92 Å². The molecule has 3 nitrogen and oxygen atoms in total. The molecule has 1 fully saturated rings. The smallest absolute Gasteiger partial charge is 0.321 e. The average molecular weight is 238 g/mol. The van der Waals surface area contributed by atoms with Gasteiger partial charge in [0.15, 0.2) is 0 Å². The van der Waals surface area contributed by atoms with Crippen molar-refractivity contribution in [2.75, 3.05) is 13.6 Å². The number of rotatable bonds is 5. The van der Waals surface area contributed by atoms with Crippen LogP contribution >= 0.6 is 0 Å². The predicted molar refractivity (Wildman–Crippen MR) is 71.8 cm³/mol. The molecule has 2 amide bonds. The van der Waals surface area contributed by atoms with Crippen LogP contribution in [0.3, 0.4) is 0 Å². The fraction of sp³-hybridized carbons (Fsp3) is 0.786. The summed E-state index contributed by atoms with van der Waals surface area (Å²) in [6, 6.07) is 0.01000. The summed E-state index contributed by atoms with van der Waals surface area (Å²) in [4.78, 5) is 13.5. The molecule has 1 aliphatic carbocycles. The number of hydrogen-bond acceptors (Lipinski definition) is 1. The van der Waals surface area contributed by atoms with Gasteiger partial charge in [-0.1, -0.05) is 31.8 Å². The third-order valence-electron chi connectivity index (χ3n) is 3.62. The van der Waals surface area contributed by atoms with Crippen LogP contribution in [0.25, 0.3) is 0 Å². The van der Waals surface area contributed by atoms with E-state index in [9.17, 15) is 4.79 Å². The van der Waals surface area contributed by atoms with E-state index in [1.54, 1.807) is 4.90 Å². The molecule has 0 radical (unpaired) electrons. The van der Waals surface area contributed by atoms with E-state index in [4.69, 9.17) is 0 Å². The Morgan fingerprint density at radius 2 is 2.06 bits per heavy atom. The number of hydrogen-bond donors (Lipinski definition) is 1. The van der Waals surface area contributed by atoms with Gasteiger partial charge in [-0.15, -0.1) is 0 Å². The van der Waals surface area contributed by atoms with E-state index in [-0.39, 0.29) is 6.03 Å². The molecule has 1 N–H and O–H groups in total. The largest absolute Gasteiger partial charge is 0.328 e. The molecular formula is C14H26N2O. The third kappa shape index (κ3) is 4.80. The maximum absolute atomic E-state index is 11.7. The van der Waals surface area contributed by atoms with Crippen molar-refractivity contribution in [1.82, 2.24) is 10.2 Å². The van der Waals surface area contributed by atoms with Gasteiger partial charge in [0.05, 0.1) is 0 Å². The summed E-state index contributed by atoms with van der Waals surface area (Å²) in [6.45, 7) is 5.09. The van der Waals surface area contributed by atoms with Gasteiger partial charge in [-0.25, -0.2) is 4.79 Å². The van der Waals surface area contributed by atoms with E-state index >= 15 is 0 Å². The SMILES string of the molecule is CCCCN(C)C(=O)N/C=C(\C)C1CCCC1. The number of carbonyl (C=O) groups is 1. The van der Waals surface area contributed by atoms with E-state index in [2.05, 4.69) is 19.2 Å². The lowest BCUT2D eigenvalue weighted by Gasteiger charge is -2.17. The number of unbranched alkanes of at least 4 members (excludes halogenated alkanes) is 1. The molecular weight excluding hydrogens is 212 g/mol. The van der Waals surface area contributed by atoms with Crippen LogP contribution in [0.2, 0.25) is 0 Å². The van der Waals surface area contributed by atoms with Crippen molar-refractivity contribution in [3.05, 3.63) is 11.8 Å². The average Bonchev–Trinajstić information content (AvgIpc) is 2.86. The normalized spacial score (nSPS) is 17.2. The Kier molecular flexibility index (Phi) is 6.09. The number of carbonyl (C=O) groups excluding carboxylic acids is 1. The molecule has 0 bridgehead atoms. The molecule has 0 unspecified atom stereocenters. The Bertz CT molecular complexity index is 267. The number of amides is 2. The number of allylic oxidation sites excluding steroid dienone is 1. The standard InChI is InChI=1S/C14H26N2O/c1-4-5-10-16(3)14(17)15-11-12(2)13-8-6-7-9-13/h11,13H,4-10H2,1-3H3,(H,15,17)/b12-11+. The highest BCUT2D eigenvalue weighted by Gasteiger charge is 2.16. The molecule has 0 heterocycles. The van der Waals surface area contributed by atoms with Crippen molar-refractivity contribution in [3.8, 4) is 0 Å². The molecule has 0 spiro atoms. The van der Waals surface area contributed by atoms with Crippen LogP contribution in [0.1, 0.15) is 52.4 Å². The Morgan fingerprint density at radius 3 is 2.65 bits per heavy atom. The highest BCUT2D eigenvalue weighted by atomic mass is 16.2. The first-order chi connectivity index (χ1) is 8.15. The zero-order valence-electron chi connectivity index (χ0n) is 11.5. The quantitative estimate of drug-likeness (QED) is 0.781. The summed E-state index contributed by atoms with van der Waals surface area (Å²) < 4.78 is 0. The molecule has 0 saturated heterocycles. The van der Waals surface area contributed by atoms with Crippen molar-refractivity contribution < 1.29 is 4.79 Å². The van der Waals surface area contributed by atoms with E-state index in [0.29, 0.717) is 5.92 Å². The minimum Gasteiger partial charge on any atom is -0.328 e. The van der Waals surface area contributed by atoms with Gasteiger partial charge in [-0.3, -0.25) is 0 Å². The zero-order valence-corrected chi connectivity index (χ0v) is 11.5. The minimum atomic E-state index is 0.01000. The zero-order chi connectivity index (χ0) is 12.7. The fourth-order valence-corrected chi connectivity index (χ4v) is 2.28. The maximum Gasteiger partial charge on any atom is 0.321 e. The highest BCUT2D eigenvalue weighted by molar-refractivity contribution is 5.74. The molecule has 0 aromatic carbocycles. The van der Waals surface area contributed by atoms with Crippen molar-refractivity contribution in [1.29, 1.82) is 0 Å². The molecule has 17 heavy (non-hydrogen) atoms. The molecule has 0 aromatic heterocycles. The summed E-state index contributed by atoms with van der Waals surface area (Å²) in [7, 11) is 1.85. The van der Waals surface area contributed by atoms with Crippen LogP contribution in [0.15, 0.2) is 11.8 Å². The van der Waals surface area contributed by atoms with E-state index < -0.39 is 0 Å². The van der Waals surface area contributed by atoms with Crippen LogP contribution in [0.4, 0.5) is 4.79 Å². The molecule has 1 saturated carbocycles. The van der Waals surface area contributed by atoms with Crippen LogP contribution in [-0.4, -0.2) is 24.5 Å². The second kappa shape index (κ2) is 7.36. The van der Waals surface area contributed by atoms with Gasteiger partial charge in [0.25, 0.3) is 0 Å². The Labute approximate surface area is 105 Å². The first-order valence-corrected chi connectivity index (χ1v) is 6.83. The second-order valence-corrected chi connectivity index (χ2v) is 5.09. The minimum absolute atomic E-state index is 0.01000. The lowest BCUT2D eigenvalue weighted by Crippen LogP contribution is -2.35. The van der Waals surface area contributed by atoms with Gasteiger partial charge in [0.1, 0.15) is 0 Å². The monoisotopic (exact) mass is 238 g/mol. The predicted octanol–water partition coefficient (Wildman–Crippen LogP) is 3.52. The van der Waals surface area contributed by atoms with Gasteiger partial charge < -0.3 is 10.2 Å². The van der Waals surface area contributed by atoms with Crippen molar-refractivity contribution in [2.24, 2.45) is 5.92 Å². The molecule has 1 rings (SSSR count). The lowest BCUT2D eigenvalue weighted by atomic mass is 10.0. The van der Waals surface area contributed by atoms with Gasteiger partial charge in [-0.05, 0) is 32.1 Å². The van der Waals surface area contributed by atoms with Gasteiger partial charge in [-0.2, -0.15) is 0 Å². The van der Waals surface area contributed by atoms with E-state index in [0.717, 1.165) is 19.4 Å². The summed E-state index contributed by atoms with van der Waals surface area (Å²) in [6.07, 6.45) is 9.32. The Morgan fingerprint density at radius 1 is 1.41 bits per heavy atom. The summed E-state index contributed by atoms with van der Waals surface area (Å²) in [5.41, 5.74) is 1.32. The lowest BCUT2D eigenvalue weighted by molar-refractivity contribution is 0.212. The first-order valence-electron chi connectivity index (χ1n) is 6.83. The molecule has 1 aliphatic rings. The summed E-state index contributed by atoms with van der Waals surface area (Å²) in [5.74, 6) is 0.691. The second-order valence-electron chi connectivity index (χ2n) is 5.09.